The van der Waals surface area contributed by atoms with Crippen LogP contribution in [-0.4, -0.2) is 47.2 Å². The number of imidazole rings is 2. The molecule has 9 heteroatoms. The maximum atomic E-state index is 13.3. The second-order valence-electron chi connectivity index (χ2n) is 8.63. The lowest BCUT2D eigenvalue weighted by molar-refractivity contribution is -0.139. The molecule has 178 valence electrons. The van der Waals surface area contributed by atoms with Crippen LogP contribution in [0.15, 0.2) is 66.9 Å². The van der Waals surface area contributed by atoms with E-state index >= 15 is 0 Å². The van der Waals surface area contributed by atoms with Crippen LogP contribution in [0.2, 0.25) is 5.02 Å². The summed E-state index contributed by atoms with van der Waals surface area (Å²) in [5, 5.41) is 12.0. The number of hydrogen-bond donors (Lipinski definition) is 1. The van der Waals surface area contributed by atoms with E-state index in [1.165, 1.54) is 4.90 Å². The summed E-state index contributed by atoms with van der Waals surface area (Å²) >= 11 is 6.10. The summed E-state index contributed by atoms with van der Waals surface area (Å²) in [5.74, 6) is -1.64. The highest BCUT2D eigenvalue weighted by Crippen LogP contribution is 2.40. The monoisotopic (exact) mass is 489 g/mol. The molecule has 1 amide bonds. The van der Waals surface area contributed by atoms with Crippen molar-refractivity contribution in [3.05, 3.63) is 94.4 Å². The fraction of sp³-hybridized carbons (Fsp3) is 0.231. The number of hydrogen-bond acceptors (Lipinski definition) is 5. The molecule has 1 fully saturated rings. The van der Waals surface area contributed by atoms with Crippen LogP contribution in [0.1, 0.15) is 35.0 Å². The van der Waals surface area contributed by atoms with Crippen molar-refractivity contribution < 1.29 is 14.7 Å². The van der Waals surface area contributed by atoms with Crippen LogP contribution in [0, 0.1) is 13.8 Å². The number of nitrogens with zero attached hydrogens (tertiary/aromatic N) is 5. The van der Waals surface area contributed by atoms with Gasteiger partial charge in [-0.1, -0.05) is 29.8 Å². The summed E-state index contributed by atoms with van der Waals surface area (Å²) in [7, 11) is 0. The molecule has 4 heterocycles. The minimum absolute atomic E-state index is 0.0316. The van der Waals surface area contributed by atoms with Crippen molar-refractivity contribution in [2.24, 2.45) is 0 Å². The van der Waals surface area contributed by atoms with Gasteiger partial charge in [-0.3, -0.25) is 9.59 Å². The van der Waals surface area contributed by atoms with Gasteiger partial charge in [0.05, 0.1) is 23.6 Å². The maximum absolute atomic E-state index is 13.3. The predicted octanol–water partition coefficient (Wildman–Crippen LogP) is 4.31. The molecular formula is C26H24ClN5O3. The highest BCUT2D eigenvalue weighted by atomic mass is 35.5. The number of carbonyl (C=O) groups excluding carboxylic acids is 2. The predicted molar refractivity (Wildman–Crippen MR) is 132 cm³/mol. The molecule has 1 aliphatic heterocycles. The van der Waals surface area contributed by atoms with E-state index in [0.717, 1.165) is 5.56 Å². The van der Waals surface area contributed by atoms with Crippen LogP contribution in [0.4, 0.5) is 0 Å². The van der Waals surface area contributed by atoms with Gasteiger partial charge < -0.3 is 19.0 Å². The molecule has 0 radical (unpaired) electrons. The Labute approximate surface area is 207 Å². The van der Waals surface area contributed by atoms with E-state index in [9.17, 15) is 14.7 Å². The van der Waals surface area contributed by atoms with Crippen LogP contribution < -0.4 is 0 Å². The van der Waals surface area contributed by atoms with Crippen molar-refractivity contribution in [1.82, 2.24) is 23.8 Å². The van der Waals surface area contributed by atoms with Gasteiger partial charge in [-0.2, -0.15) is 0 Å². The SMILES string of the molecule is Cc1cccn2c(C)c(C(O)=C3C(=O)C(=O)N(CCCn4ccnc4)C3c3ccc(Cl)cc3)nc12. The first-order chi connectivity index (χ1) is 16.9. The van der Waals surface area contributed by atoms with Crippen molar-refractivity contribution in [2.45, 2.75) is 32.9 Å². The number of carbonyl (C=O) groups is 2. The molecule has 0 bridgehead atoms. The molecule has 35 heavy (non-hydrogen) atoms. The average Bonchev–Trinajstić information content (AvgIpc) is 3.54. The van der Waals surface area contributed by atoms with Gasteiger partial charge in [0.25, 0.3) is 11.7 Å². The molecule has 0 spiro atoms. The summed E-state index contributed by atoms with van der Waals surface area (Å²) in [6.45, 7) is 4.72. The minimum Gasteiger partial charge on any atom is -0.505 e. The van der Waals surface area contributed by atoms with Gasteiger partial charge in [-0.25, -0.2) is 9.97 Å². The lowest BCUT2D eigenvalue weighted by Crippen LogP contribution is -2.31. The minimum atomic E-state index is -0.750. The number of pyridine rings is 1. The molecule has 1 aliphatic rings. The Balaban J connectivity index is 1.60. The lowest BCUT2D eigenvalue weighted by Gasteiger charge is -2.25. The Bertz CT molecular complexity index is 1450. The number of aliphatic hydroxyl groups is 1. The van der Waals surface area contributed by atoms with E-state index in [2.05, 4.69) is 9.97 Å². The van der Waals surface area contributed by atoms with Crippen molar-refractivity contribution in [3.8, 4) is 0 Å². The number of aliphatic hydroxyl groups excluding tert-OH is 1. The molecule has 1 saturated heterocycles. The fourth-order valence-corrected chi connectivity index (χ4v) is 4.74. The lowest BCUT2D eigenvalue weighted by atomic mass is 9.96. The van der Waals surface area contributed by atoms with Gasteiger partial charge in [0, 0.05) is 36.7 Å². The number of fused-ring (bicyclic) bond motifs is 1. The van der Waals surface area contributed by atoms with Crippen molar-refractivity contribution in [1.29, 1.82) is 0 Å². The van der Waals surface area contributed by atoms with E-state index in [1.54, 1.807) is 36.8 Å². The molecule has 3 aromatic heterocycles. The van der Waals surface area contributed by atoms with Crippen molar-refractivity contribution >= 4 is 34.7 Å². The molecule has 5 rings (SSSR count). The standard InChI is InChI=1S/C26H24ClN5O3/c1-16-5-3-12-31-17(2)21(29-25(16)31)23(33)20-22(18-6-8-19(27)9-7-18)32(26(35)24(20)34)13-4-11-30-14-10-28-15-30/h3,5-10,12,14-15,22,33H,4,11,13H2,1-2H3. The van der Waals surface area contributed by atoms with E-state index in [0.29, 0.717) is 41.4 Å². The first kappa shape index (κ1) is 22.9. The Hall–Kier alpha value is -3.91. The topological polar surface area (TPSA) is 92.7 Å². The number of likely N-dealkylation sites (tertiary alicyclic amines) is 1. The molecule has 1 aromatic carbocycles. The Kier molecular flexibility index (Phi) is 5.90. The van der Waals surface area contributed by atoms with E-state index < -0.39 is 17.7 Å². The van der Waals surface area contributed by atoms with Crippen LogP contribution in [0.25, 0.3) is 11.4 Å². The Morgan fingerprint density at radius 1 is 1.09 bits per heavy atom. The smallest absolute Gasteiger partial charge is 0.295 e. The fourth-order valence-electron chi connectivity index (χ4n) is 4.62. The van der Waals surface area contributed by atoms with Gasteiger partial charge in [0.2, 0.25) is 0 Å². The Morgan fingerprint density at radius 2 is 1.86 bits per heavy atom. The number of amides is 1. The van der Waals surface area contributed by atoms with Crippen LogP contribution in [0.3, 0.4) is 0 Å². The summed E-state index contributed by atoms with van der Waals surface area (Å²) in [4.78, 5) is 36.6. The third-order valence-corrected chi connectivity index (χ3v) is 6.66. The van der Waals surface area contributed by atoms with Crippen molar-refractivity contribution in [2.75, 3.05) is 6.54 Å². The van der Waals surface area contributed by atoms with Crippen LogP contribution >= 0.6 is 11.6 Å². The van der Waals surface area contributed by atoms with Crippen LogP contribution in [0.5, 0.6) is 0 Å². The van der Waals surface area contributed by atoms with Gasteiger partial charge >= 0.3 is 0 Å². The van der Waals surface area contributed by atoms with Crippen LogP contribution in [-0.2, 0) is 16.1 Å². The molecule has 4 aromatic rings. The van der Waals surface area contributed by atoms with E-state index in [1.807, 2.05) is 47.3 Å². The van der Waals surface area contributed by atoms with Gasteiger partial charge in [0.15, 0.2) is 5.76 Å². The molecule has 0 saturated carbocycles. The molecular weight excluding hydrogens is 466 g/mol. The third-order valence-electron chi connectivity index (χ3n) is 6.41. The first-order valence-electron chi connectivity index (χ1n) is 11.3. The summed E-state index contributed by atoms with van der Waals surface area (Å²) in [6, 6.07) is 10.0. The van der Waals surface area contributed by atoms with Gasteiger partial charge in [-0.15, -0.1) is 0 Å². The zero-order chi connectivity index (χ0) is 24.7. The average molecular weight is 490 g/mol. The number of benzene rings is 1. The number of ketones is 1. The maximum Gasteiger partial charge on any atom is 0.295 e. The molecule has 8 nitrogen and oxygen atoms in total. The third kappa shape index (κ3) is 4.00. The van der Waals surface area contributed by atoms with E-state index in [4.69, 9.17) is 11.6 Å². The summed E-state index contributed by atoms with van der Waals surface area (Å²) < 4.78 is 3.78. The number of aryl methyl sites for hydroxylation is 3. The number of Topliss-reactive ketones (excluding diaryl/α,β-unsaturated/α-hetero) is 1. The second kappa shape index (κ2) is 9.03. The quantitative estimate of drug-likeness (QED) is 0.247. The van der Waals surface area contributed by atoms with Gasteiger partial charge in [0.1, 0.15) is 11.3 Å². The van der Waals surface area contributed by atoms with Crippen molar-refractivity contribution in [3.63, 3.8) is 0 Å². The van der Waals surface area contributed by atoms with Gasteiger partial charge in [-0.05, 0) is 49.6 Å². The summed E-state index contributed by atoms with van der Waals surface area (Å²) in [5.41, 5.74) is 3.31. The largest absolute Gasteiger partial charge is 0.505 e. The number of halogens is 1. The van der Waals surface area contributed by atoms with E-state index in [-0.39, 0.29) is 17.0 Å². The zero-order valence-corrected chi connectivity index (χ0v) is 20.1. The second-order valence-corrected chi connectivity index (χ2v) is 9.07. The number of rotatable bonds is 6. The Morgan fingerprint density at radius 3 is 2.54 bits per heavy atom. The summed E-state index contributed by atoms with van der Waals surface area (Å²) in [6.07, 6.45) is 7.71. The first-order valence-corrected chi connectivity index (χ1v) is 11.7. The number of aromatic nitrogens is 4. The molecule has 1 N–H and O–H groups in total. The highest BCUT2D eigenvalue weighted by molar-refractivity contribution is 6.46. The molecule has 0 aliphatic carbocycles. The zero-order valence-electron chi connectivity index (χ0n) is 19.3. The highest BCUT2D eigenvalue weighted by Gasteiger charge is 2.46. The molecule has 1 unspecified atom stereocenters. The molecule has 1 atom stereocenters. The normalized spacial score (nSPS) is 17.6.